The summed E-state index contributed by atoms with van der Waals surface area (Å²) < 4.78 is 11.5. The molecule has 8 heteroatoms. The number of hydrogen-bond acceptors (Lipinski definition) is 5. The first-order chi connectivity index (χ1) is 12.7. The van der Waals surface area contributed by atoms with E-state index in [0.717, 1.165) is 15.8 Å². The lowest BCUT2D eigenvalue weighted by molar-refractivity contribution is 0.0954. The lowest BCUT2D eigenvalue weighted by Gasteiger charge is -2.04. The van der Waals surface area contributed by atoms with E-state index in [2.05, 4.69) is 36.4 Å². The number of amides is 1. The van der Waals surface area contributed by atoms with Crippen molar-refractivity contribution in [1.29, 1.82) is 0 Å². The van der Waals surface area contributed by atoms with E-state index in [9.17, 15) is 4.79 Å². The van der Waals surface area contributed by atoms with Crippen LogP contribution in [0.5, 0.6) is 11.5 Å². The van der Waals surface area contributed by atoms with Crippen molar-refractivity contribution in [3.8, 4) is 22.9 Å². The maximum absolute atomic E-state index is 12.1. The summed E-state index contributed by atoms with van der Waals surface area (Å²) in [6, 6.07) is 12.8. The zero-order valence-electron chi connectivity index (χ0n) is 13.7. The molecule has 26 heavy (non-hydrogen) atoms. The molecule has 0 saturated heterocycles. The molecule has 0 aliphatic carbocycles. The van der Waals surface area contributed by atoms with Crippen molar-refractivity contribution < 1.29 is 14.3 Å². The Balaban J connectivity index is 1.36. The van der Waals surface area contributed by atoms with Crippen molar-refractivity contribution in [2.24, 2.45) is 0 Å². The van der Waals surface area contributed by atoms with Gasteiger partial charge in [0.25, 0.3) is 5.91 Å². The van der Waals surface area contributed by atoms with E-state index in [1.54, 1.807) is 12.1 Å². The van der Waals surface area contributed by atoms with E-state index < -0.39 is 0 Å². The molecule has 0 radical (unpaired) electrons. The van der Waals surface area contributed by atoms with Gasteiger partial charge in [-0.1, -0.05) is 22.0 Å². The molecule has 1 aliphatic rings. The van der Waals surface area contributed by atoms with E-state index in [0.29, 0.717) is 35.9 Å². The van der Waals surface area contributed by atoms with Crippen molar-refractivity contribution >= 4 is 21.8 Å². The number of nitrogens with one attached hydrogen (secondary N) is 2. The molecule has 3 aromatic rings. The SMILES string of the molecule is O=C(NCCc1nc(-c2ccc3c(c2)OCO3)n[nH]1)c1cccc(Br)c1. The van der Waals surface area contributed by atoms with Crippen molar-refractivity contribution in [3.05, 3.63) is 58.3 Å². The maximum atomic E-state index is 12.1. The van der Waals surface area contributed by atoms with Crippen molar-refractivity contribution in [1.82, 2.24) is 20.5 Å². The van der Waals surface area contributed by atoms with E-state index in [4.69, 9.17) is 9.47 Å². The van der Waals surface area contributed by atoms with Crippen LogP contribution in [-0.2, 0) is 6.42 Å². The Hall–Kier alpha value is -2.87. The lowest BCUT2D eigenvalue weighted by atomic mass is 10.2. The number of hydrogen-bond donors (Lipinski definition) is 2. The second-order valence-corrected chi connectivity index (χ2v) is 6.61. The van der Waals surface area contributed by atoms with Gasteiger partial charge in [-0.25, -0.2) is 4.98 Å². The van der Waals surface area contributed by atoms with Gasteiger partial charge in [0.2, 0.25) is 6.79 Å². The van der Waals surface area contributed by atoms with Crippen LogP contribution in [0, 0.1) is 0 Å². The zero-order chi connectivity index (χ0) is 17.9. The summed E-state index contributed by atoms with van der Waals surface area (Å²) in [6.07, 6.45) is 0.553. The fourth-order valence-corrected chi connectivity index (χ4v) is 3.00. The number of benzene rings is 2. The van der Waals surface area contributed by atoms with Crippen molar-refractivity contribution in [2.45, 2.75) is 6.42 Å². The molecule has 4 rings (SSSR count). The molecule has 1 amide bonds. The Labute approximate surface area is 157 Å². The van der Waals surface area contributed by atoms with Gasteiger partial charge in [-0.3, -0.25) is 9.89 Å². The number of halogens is 1. The highest BCUT2D eigenvalue weighted by Gasteiger charge is 2.15. The molecule has 0 bridgehead atoms. The maximum Gasteiger partial charge on any atom is 0.251 e. The molecule has 7 nitrogen and oxygen atoms in total. The molecular weight excluding hydrogens is 400 g/mol. The highest BCUT2D eigenvalue weighted by molar-refractivity contribution is 9.10. The molecule has 132 valence electrons. The lowest BCUT2D eigenvalue weighted by Crippen LogP contribution is -2.25. The summed E-state index contributed by atoms with van der Waals surface area (Å²) in [7, 11) is 0. The van der Waals surface area contributed by atoms with Gasteiger partial charge in [0.15, 0.2) is 17.3 Å². The van der Waals surface area contributed by atoms with Crippen LogP contribution in [-0.4, -0.2) is 34.4 Å². The summed E-state index contributed by atoms with van der Waals surface area (Å²) in [4.78, 5) is 16.6. The fourth-order valence-electron chi connectivity index (χ4n) is 2.60. The van der Waals surface area contributed by atoms with E-state index in [1.807, 2.05) is 30.3 Å². The molecule has 1 aromatic heterocycles. The van der Waals surface area contributed by atoms with Gasteiger partial charge in [0.1, 0.15) is 5.82 Å². The average molecular weight is 415 g/mol. The number of carbonyl (C=O) groups is 1. The molecule has 2 heterocycles. The standard InChI is InChI=1S/C18H15BrN4O3/c19-13-3-1-2-12(8-13)18(24)20-7-6-16-21-17(23-22-16)11-4-5-14-15(9-11)26-10-25-14/h1-5,8-9H,6-7,10H2,(H,20,24)(H,21,22,23). The molecule has 2 N–H and O–H groups in total. The third-order valence-electron chi connectivity index (χ3n) is 3.90. The molecule has 1 aliphatic heterocycles. The van der Waals surface area contributed by atoms with Crippen LogP contribution >= 0.6 is 15.9 Å². The topological polar surface area (TPSA) is 89.1 Å². The van der Waals surface area contributed by atoms with Crippen LogP contribution in [0.15, 0.2) is 46.9 Å². The van der Waals surface area contributed by atoms with Gasteiger partial charge in [-0.2, -0.15) is 5.10 Å². The summed E-state index contributed by atoms with van der Waals surface area (Å²) >= 11 is 3.36. The normalized spacial score (nSPS) is 12.2. The van der Waals surface area contributed by atoms with Crippen LogP contribution in [0.2, 0.25) is 0 Å². The Morgan fingerprint density at radius 1 is 1.19 bits per heavy atom. The van der Waals surface area contributed by atoms with Crippen LogP contribution in [0.4, 0.5) is 0 Å². The summed E-state index contributed by atoms with van der Waals surface area (Å²) in [5.41, 5.74) is 1.45. The van der Waals surface area contributed by atoms with E-state index in [-0.39, 0.29) is 12.7 Å². The molecule has 2 aromatic carbocycles. The highest BCUT2D eigenvalue weighted by Crippen LogP contribution is 2.34. The molecule has 0 unspecified atom stereocenters. The minimum atomic E-state index is -0.123. The predicted molar refractivity (Wildman–Crippen MR) is 98.1 cm³/mol. The Morgan fingerprint density at radius 3 is 2.96 bits per heavy atom. The first-order valence-electron chi connectivity index (χ1n) is 8.04. The molecular formula is C18H15BrN4O3. The highest BCUT2D eigenvalue weighted by atomic mass is 79.9. The third kappa shape index (κ3) is 3.55. The van der Waals surface area contributed by atoms with Gasteiger partial charge in [-0.15, -0.1) is 0 Å². The second kappa shape index (κ2) is 7.17. The third-order valence-corrected chi connectivity index (χ3v) is 4.39. The fraction of sp³-hybridized carbons (Fsp3) is 0.167. The number of ether oxygens (including phenoxy) is 2. The number of aromatic amines is 1. The number of carbonyl (C=O) groups excluding carboxylic acids is 1. The average Bonchev–Trinajstić information content (AvgIpc) is 3.30. The molecule has 0 spiro atoms. The number of nitrogens with zero attached hydrogens (tertiary/aromatic N) is 2. The zero-order valence-corrected chi connectivity index (χ0v) is 15.2. The minimum absolute atomic E-state index is 0.123. The monoisotopic (exact) mass is 414 g/mol. The summed E-state index contributed by atoms with van der Waals surface area (Å²) in [6.45, 7) is 0.691. The van der Waals surface area contributed by atoms with Crippen LogP contribution in [0.25, 0.3) is 11.4 Å². The first-order valence-corrected chi connectivity index (χ1v) is 8.83. The molecule has 0 atom stereocenters. The largest absolute Gasteiger partial charge is 0.454 e. The van der Waals surface area contributed by atoms with Crippen LogP contribution in [0.1, 0.15) is 16.2 Å². The van der Waals surface area contributed by atoms with Crippen molar-refractivity contribution in [3.63, 3.8) is 0 Å². The van der Waals surface area contributed by atoms with Gasteiger partial charge in [0, 0.05) is 28.6 Å². The molecule has 0 saturated carbocycles. The number of fused-ring (bicyclic) bond motifs is 1. The Kier molecular flexibility index (Phi) is 4.57. The second-order valence-electron chi connectivity index (χ2n) is 5.69. The van der Waals surface area contributed by atoms with Gasteiger partial charge < -0.3 is 14.8 Å². The summed E-state index contributed by atoms with van der Waals surface area (Å²) in [5.74, 6) is 2.57. The van der Waals surface area contributed by atoms with Crippen LogP contribution in [0.3, 0.4) is 0 Å². The smallest absolute Gasteiger partial charge is 0.251 e. The van der Waals surface area contributed by atoms with Gasteiger partial charge in [-0.05, 0) is 36.4 Å². The first kappa shape index (κ1) is 16.6. The van der Waals surface area contributed by atoms with E-state index >= 15 is 0 Å². The quantitative estimate of drug-likeness (QED) is 0.669. The predicted octanol–water partition coefficient (Wildman–Crippen LogP) is 2.94. The Morgan fingerprint density at radius 2 is 2.08 bits per heavy atom. The van der Waals surface area contributed by atoms with E-state index in [1.165, 1.54) is 0 Å². The van der Waals surface area contributed by atoms with Gasteiger partial charge in [0.05, 0.1) is 0 Å². The Bertz CT molecular complexity index is 957. The number of aromatic nitrogens is 3. The summed E-state index contributed by atoms with van der Waals surface area (Å²) in [5, 5.41) is 10.0. The number of rotatable bonds is 5. The van der Waals surface area contributed by atoms with Crippen molar-refractivity contribution in [2.75, 3.05) is 13.3 Å². The van der Waals surface area contributed by atoms with Crippen LogP contribution < -0.4 is 14.8 Å². The minimum Gasteiger partial charge on any atom is -0.454 e. The molecule has 0 fully saturated rings. The van der Waals surface area contributed by atoms with Gasteiger partial charge >= 0.3 is 0 Å². The number of H-pyrrole nitrogens is 1.